The third kappa shape index (κ3) is 5.69. The number of fused-ring (bicyclic) bond motifs is 1. The second-order valence-corrected chi connectivity index (χ2v) is 12.4. The van der Waals surface area contributed by atoms with E-state index < -0.39 is 12.0 Å². The fraction of sp³-hybridized carbons (Fsp3) is 0.269. The van der Waals surface area contributed by atoms with Crippen LogP contribution in [0.2, 0.25) is 0 Å². The Bertz CT molecular complexity index is 1570. The van der Waals surface area contributed by atoms with E-state index in [0.717, 1.165) is 16.5 Å². The molecule has 0 saturated carbocycles. The lowest BCUT2D eigenvalue weighted by atomic mass is 9.93. The minimum absolute atomic E-state index is 0.201. The maximum Gasteiger partial charge on any atom is 0.338 e. The van der Waals surface area contributed by atoms with Crippen molar-refractivity contribution < 1.29 is 19.4 Å². The van der Waals surface area contributed by atoms with Crippen LogP contribution < -0.4 is 19.6 Å². The van der Waals surface area contributed by atoms with Crippen molar-refractivity contribution in [3.63, 3.8) is 0 Å². The van der Waals surface area contributed by atoms with Crippen molar-refractivity contribution in [2.75, 3.05) is 13.7 Å². The number of phenols is 1. The molecule has 0 radical (unpaired) electrons. The number of benzene rings is 2. The zero-order chi connectivity index (χ0) is 26.9. The Kier molecular flexibility index (Phi) is 9.17. The molecule has 1 aliphatic heterocycles. The number of nitrogens with zero attached hydrogens (tertiary/aromatic N) is 2. The van der Waals surface area contributed by atoms with Gasteiger partial charge in [-0.1, -0.05) is 40.6 Å². The number of allylic oxidation sites excluding steroid dienone is 1. The second-order valence-electron chi connectivity index (χ2n) is 8.13. The normalized spacial score (nSPS) is 15.4. The van der Waals surface area contributed by atoms with Crippen LogP contribution in [0.4, 0.5) is 0 Å². The monoisotopic (exact) mass is 808 g/mol. The average Bonchev–Trinajstić information content (AvgIpc) is 3.16. The first-order chi connectivity index (χ1) is 17.7. The third-order valence-electron chi connectivity index (χ3n) is 5.72. The van der Waals surface area contributed by atoms with Crippen LogP contribution in [0.3, 0.4) is 0 Å². The predicted octanol–water partition coefficient (Wildman–Crippen LogP) is 5.26. The Morgan fingerprint density at radius 3 is 2.57 bits per heavy atom. The Balaban J connectivity index is 2.05. The van der Waals surface area contributed by atoms with Gasteiger partial charge in [-0.3, -0.25) is 9.36 Å². The van der Waals surface area contributed by atoms with E-state index in [2.05, 4.69) is 61.1 Å². The summed E-state index contributed by atoms with van der Waals surface area (Å²) in [4.78, 5) is 32.5. The lowest BCUT2D eigenvalue weighted by Crippen LogP contribution is -2.40. The number of rotatable bonds is 7. The molecule has 3 aromatic rings. The fourth-order valence-electron chi connectivity index (χ4n) is 4.15. The molecule has 4 rings (SSSR count). The zero-order valence-corrected chi connectivity index (χ0v) is 26.9. The second kappa shape index (κ2) is 12.0. The first kappa shape index (κ1) is 28.3. The molecule has 1 aromatic heterocycles. The molecule has 0 amide bonds. The Morgan fingerprint density at radius 2 is 1.95 bits per heavy atom. The summed E-state index contributed by atoms with van der Waals surface area (Å²) in [6.45, 7) is 3.97. The van der Waals surface area contributed by atoms with Gasteiger partial charge in [0.15, 0.2) is 4.80 Å². The number of carbonyl (C=O) groups excluding carboxylic acids is 1. The number of ether oxygens (including phenoxy) is 2. The summed E-state index contributed by atoms with van der Waals surface area (Å²) in [5, 5.41) is 10.1. The van der Waals surface area contributed by atoms with Gasteiger partial charge in [-0.15, -0.1) is 0 Å². The minimum Gasteiger partial charge on any atom is -0.506 e. The molecule has 0 fully saturated rings. The number of esters is 1. The number of thiazole rings is 1. The van der Waals surface area contributed by atoms with E-state index in [1.54, 1.807) is 30.7 Å². The lowest BCUT2D eigenvalue weighted by molar-refractivity contribution is -0.139. The number of hydrogen-bond donors (Lipinski definition) is 1. The van der Waals surface area contributed by atoms with Gasteiger partial charge < -0.3 is 14.6 Å². The van der Waals surface area contributed by atoms with Gasteiger partial charge in [-0.2, -0.15) is 0 Å². The highest BCUT2D eigenvalue weighted by atomic mass is 127. The van der Waals surface area contributed by atoms with Crippen LogP contribution in [-0.2, 0) is 9.53 Å². The fourth-order valence-corrected chi connectivity index (χ4v) is 7.37. The molecule has 2 heterocycles. The highest BCUT2D eigenvalue weighted by molar-refractivity contribution is 14.1. The van der Waals surface area contributed by atoms with E-state index >= 15 is 0 Å². The Morgan fingerprint density at radius 1 is 1.24 bits per heavy atom. The highest BCUT2D eigenvalue weighted by Gasteiger charge is 2.36. The molecule has 0 saturated heterocycles. The van der Waals surface area contributed by atoms with Crippen LogP contribution in [0, 0.1) is 7.14 Å². The van der Waals surface area contributed by atoms with Crippen LogP contribution in [0.5, 0.6) is 11.5 Å². The molecule has 0 bridgehead atoms. The van der Waals surface area contributed by atoms with Crippen molar-refractivity contribution in [2.45, 2.75) is 32.7 Å². The predicted molar refractivity (Wildman–Crippen MR) is 164 cm³/mol. The molecule has 1 N–H and O–H groups in total. The molecular formula is C26H23BrI2N2O5S. The number of halogens is 3. The van der Waals surface area contributed by atoms with E-state index in [0.29, 0.717) is 45.5 Å². The summed E-state index contributed by atoms with van der Waals surface area (Å²) in [5.41, 5.74) is 2.12. The number of methoxy groups -OCH3 is 1. The molecule has 0 aliphatic carbocycles. The van der Waals surface area contributed by atoms with Crippen molar-refractivity contribution in [1.29, 1.82) is 0 Å². The number of aromatic hydroxyl groups is 1. The van der Waals surface area contributed by atoms with Crippen LogP contribution >= 0.6 is 72.4 Å². The van der Waals surface area contributed by atoms with E-state index in [4.69, 9.17) is 14.5 Å². The summed E-state index contributed by atoms with van der Waals surface area (Å²) < 4.78 is 15.3. The van der Waals surface area contributed by atoms with Crippen molar-refractivity contribution in [3.8, 4) is 11.5 Å². The molecular weight excluding hydrogens is 786 g/mol. The molecule has 37 heavy (non-hydrogen) atoms. The van der Waals surface area contributed by atoms with E-state index in [-0.39, 0.29) is 17.9 Å². The maximum atomic E-state index is 13.9. The molecule has 1 atom stereocenters. The van der Waals surface area contributed by atoms with Gasteiger partial charge in [0.25, 0.3) is 5.56 Å². The average molecular weight is 809 g/mol. The Labute approximate surface area is 253 Å². The van der Waals surface area contributed by atoms with Gasteiger partial charge in [0.05, 0.1) is 36.7 Å². The largest absolute Gasteiger partial charge is 0.506 e. The van der Waals surface area contributed by atoms with Crippen molar-refractivity contribution in [3.05, 3.63) is 84.0 Å². The van der Waals surface area contributed by atoms with Crippen LogP contribution in [-0.4, -0.2) is 29.4 Å². The summed E-state index contributed by atoms with van der Waals surface area (Å²) >= 11 is 8.93. The molecule has 1 aliphatic rings. The van der Waals surface area contributed by atoms with Crippen molar-refractivity contribution >= 4 is 84.5 Å². The number of aromatic nitrogens is 1. The molecule has 2 aromatic carbocycles. The van der Waals surface area contributed by atoms with Gasteiger partial charge in [-0.05, 0) is 100 Å². The van der Waals surface area contributed by atoms with Gasteiger partial charge >= 0.3 is 5.97 Å². The topological polar surface area (TPSA) is 90.1 Å². The molecule has 194 valence electrons. The Hall–Kier alpha value is -1.71. The summed E-state index contributed by atoms with van der Waals surface area (Å²) in [5.74, 6) is 0.258. The van der Waals surface area contributed by atoms with Crippen LogP contribution in [0.25, 0.3) is 6.08 Å². The van der Waals surface area contributed by atoms with E-state index in [1.807, 2.05) is 31.2 Å². The van der Waals surface area contributed by atoms with Gasteiger partial charge in [0.2, 0.25) is 0 Å². The quantitative estimate of drug-likeness (QED) is 0.260. The standard InChI is InChI=1S/C26H23BrI2N2O5S/c1-4-6-18-21(25(34)36-5-2)22(15-12-14(27)7-8-19(15)35-3)31-24(33)20(37-26(31)30-18)11-13-9-16(28)23(32)17(29)10-13/h7-12,22,32H,4-6H2,1-3H3/b20-11+/t22-/m1/s1. The highest BCUT2D eigenvalue weighted by Crippen LogP contribution is 2.38. The smallest absolute Gasteiger partial charge is 0.338 e. The zero-order valence-electron chi connectivity index (χ0n) is 20.2. The van der Waals surface area contributed by atoms with Crippen molar-refractivity contribution in [2.24, 2.45) is 4.99 Å². The van der Waals surface area contributed by atoms with Gasteiger partial charge in [-0.25, -0.2) is 9.79 Å². The summed E-state index contributed by atoms with van der Waals surface area (Å²) in [6, 6.07) is 8.37. The summed E-state index contributed by atoms with van der Waals surface area (Å²) in [6.07, 6.45) is 3.11. The minimum atomic E-state index is -0.772. The van der Waals surface area contributed by atoms with Crippen LogP contribution in [0.1, 0.15) is 43.9 Å². The molecule has 0 unspecified atom stereocenters. The van der Waals surface area contributed by atoms with Gasteiger partial charge in [0, 0.05) is 10.0 Å². The SMILES string of the molecule is CCCC1=C(C(=O)OCC)[C@@H](c2cc(Br)ccc2OC)n2c(s/c(=C/c3cc(I)c(O)c(I)c3)c2=O)=N1. The van der Waals surface area contributed by atoms with Crippen LogP contribution in [0.15, 0.2) is 55.9 Å². The summed E-state index contributed by atoms with van der Waals surface area (Å²) in [7, 11) is 1.56. The third-order valence-corrected chi connectivity index (χ3v) is 8.84. The van der Waals surface area contributed by atoms with Crippen molar-refractivity contribution in [1.82, 2.24) is 4.57 Å². The van der Waals surface area contributed by atoms with E-state index in [9.17, 15) is 14.7 Å². The maximum absolute atomic E-state index is 13.9. The van der Waals surface area contributed by atoms with E-state index in [1.165, 1.54) is 11.3 Å². The number of phenolic OH excluding ortho intramolecular Hbond substituents is 1. The first-order valence-corrected chi connectivity index (χ1v) is 15.2. The molecule has 11 heteroatoms. The number of hydrogen-bond acceptors (Lipinski definition) is 7. The molecule has 0 spiro atoms. The number of carbonyl (C=O) groups is 1. The van der Waals surface area contributed by atoms with Gasteiger partial charge in [0.1, 0.15) is 17.5 Å². The lowest BCUT2D eigenvalue weighted by Gasteiger charge is -2.27. The first-order valence-electron chi connectivity index (χ1n) is 11.4. The molecule has 7 nitrogen and oxygen atoms in total.